The van der Waals surface area contributed by atoms with E-state index in [-0.39, 0.29) is 5.91 Å². The molecule has 0 aliphatic rings. The number of nitrogens with one attached hydrogen (secondary N) is 1. The van der Waals surface area contributed by atoms with Gasteiger partial charge in [-0.2, -0.15) is 0 Å². The molecule has 1 aromatic heterocycles. The number of carbonyl (C=O) groups excluding carboxylic acids is 1. The van der Waals surface area contributed by atoms with Crippen molar-refractivity contribution in [3.05, 3.63) is 56.5 Å². The maximum Gasteiger partial charge on any atom is 0.267 e. The van der Waals surface area contributed by atoms with Crippen molar-refractivity contribution < 1.29 is 4.79 Å². The lowest BCUT2D eigenvalue weighted by molar-refractivity contribution is 0.103. The van der Waals surface area contributed by atoms with E-state index in [0.29, 0.717) is 10.6 Å². The first-order valence-corrected chi connectivity index (χ1v) is 8.31. The van der Waals surface area contributed by atoms with Gasteiger partial charge in [0.1, 0.15) is 4.88 Å². The molecule has 0 radical (unpaired) electrons. The zero-order chi connectivity index (χ0) is 15.0. The Morgan fingerprint density at radius 2 is 1.95 bits per heavy atom. The molecule has 3 nitrogen and oxygen atoms in total. The molecule has 0 saturated carbocycles. The number of fused-ring (bicyclic) bond motifs is 1. The van der Waals surface area contributed by atoms with Crippen LogP contribution < -0.4 is 11.1 Å². The first kappa shape index (κ1) is 14.3. The third-order valence-electron chi connectivity index (χ3n) is 3.28. The van der Waals surface area contributed by atoms with Crippen molar-refractivity contribution in [1.82, 2.24) is 0 Å². The van der Waals surface area contributed by atoms with Crippen molar-refractivity contribution in [3.63, 3.8) is 0 Å². The number of anilines is 2. The Morgan fingerprint density at radius 3 is 2.67 bits per heavy atom. The van der Waals surface area contributed by atoms with Crippen molar-refractivity contribution in [1.29, 1.82) is 0 Å². The van der Waals surface area contributed by atoms with Crippen LogP contribution in [0.2, 0.25) is 0 Å². The molecule has 3 rings (SSSR count). The Balaban J connectivity index is 2.01. The zero-order valence-electron chi connectivity index (χ0n) is 11.3. The molecule has 0 aliphatic heterocycles. The quantitative estimate of drug-likeness (QED) is 0.607. The predicted octanol–water partition coefficient (Wildman–Crippen LogP) is 4.65. The van der Waals surface area contributed by atoms with Gasteiger partial charge in [0.25, 0.3) is 5.91 Å². The summed E-state index contributed by atoms with van der Waals surface area (Å²) in [6, 6.07) is 13.6. The highest BCUT2D eigenvalue weighted by atomic mass is 127. The summed E-state index contributed by atoms with van der Waals surface area (Å²) in [5.74, 6) is -0.155. The second-order valence-electron chi connectivity index (χ2n) is 4.73. The normalized spacial score (nSPS) is 10.8. The molecular weight excluding hydrogens is 395 g/mol. The molecule has 0 aliphatic carbocycles. The van der Waals surface area contributed by atoms with E-state index in [1.54, 1.807) is 0 Å². The number of thiophene rings is 1. The summed E-state index contributed by atoms with van der Waals surface area (Å²) in [6.45, 7) is 2.03. The fraction of sp³-hybridized carbons (Fsp3) is 0.0625. The lowest BCUT2D eigenvalue weighted by atomic mass is 10.1. The number of aryl methyl sites for hydroxylation is 1. The molecule has 0 saturated heterocycles. The number of nitrogen functional groups attached to an aromatic ring is 1. The first-order chi connectivity index (χ1) is 10.1. The average Bonchev–Trinajstić information content (AvgIpc) is 2.81. The van der Waals surface area contributed by atoms with Gasteiger partial charge in [0.2, 0.25) is 0 Å². The molecule has 1 heterocycles. The molecule has 0 atom stereocenters. The van der Waals surface area contributed by atoms with E-state index in [9.17, 15) is 4.79 Å². The van der Waals surface area contributed by atoms with E-state index in [2.05, 4.69) is 27.9 Å². The summed E-state index contributed by atoms with van der Waals surface area (Å²) in [4.78, 5) is 13.1. The van der Waals surface area contributed by atoms with Crippen LogP contribution in [0.15, 0.2) is 42.5 Å². The van der Waals surface area contributed by atoms with Gasteiger partial charge in [0.05, 0.1) is 11.4 Å². The Kier molecular flexibility index (Phi) is 3.86. The van der Waals surface area contributed by atoms with Gasteiger partial charge in [0, 0.05) is 13.7 Å². The van der Waals surface area contributed by atoms with Crippen molar-refractivity contribution in [2.24, 2.45) is 0 Å². The van der Waals surface area contributed by atoms with Crippen molar-refractivity contribution in [3.8, 4) is 0 Å². The number of carbonyl (C=O) groups is 1. The summed E-state index contributed by atoms with van der Waals surface area (Å²) in [6.07, 6.45) is 0. The minimum Gasteiger partial charge on any atom is -0.397 e. The first-order valence-electron chi connectivity index (χ1n) is 6.41. The monoisotopic (exact) mass is 408 g/mol. The topological polar surface area (TPSA) is 55.1 Å². The van der Waals surface area contributed by atoms with Crippen molar-refractivity contribution in [2.45, 2.75) is 6.92 Å². The van der Waals surface area contributed by atoms with E-state index in [1.807, 2.05) is 49.4 Å². The third kappa shape index (κ3) is 2.63. The summed E-state index contributed by atoms with van der Waals surface area (Å²) >= 11 is 3.64. The van der Waals surface area contributed by atoms with Crippen LogP contribution in [0.3, 0.4) is 0 Å². The molecule has 0 bridgehead atoms. The average molecular weight is 408 g/mol. The van der Waals surface area contributed by atoms with Gasteiger partial charge in [-0.25, -0.2) is 0 Å². The summed E-state index contributed by atoms with van der Waals surface area (Å²) in [5, 5.41) is 3.88. The summed E-state index contributed by atoms with van der Waals surface area (Å²) < 4.78 is 2.07. The lowest BCUT2D eigenvalue weighted by Gasteiger charge is -2.06. The fourth-order valence-corrected chi connectivity index (χ4v) is 3.80. The molecule has 2 aromatic carbocycles. The van der Waals surface area contributed by atoms with Crippen LogP contribution >= 0.6 is 33.9 Å². The van der Waals surface area contributed by atoms with Crippen LogP contribution in [-0.4, -0.2) is 5.91 Å². The van der Waals surface area contributed by atoms with Crippen LogP contribution in [-0.2, 0) is 0 Å². The van der Waals surface area contributed by atoms with Crippen molar-refractivity contribution >= 4 is 61.3 Å². The molecule has 0 unspecified atom stereocenters. The standard InChI is InChI=1S/C16H13IN2OS/c1-9-5-4-6-10-13(18)15(21-14(9)10)16(20)19-12-8-3-2-7-11(12)17/h2-8H,18H2,1H3,(H,19,20). The van der Waals surface area contributed by atoms with Crippen LogP contribution in [0.1, 0.15) is 15.2 Å². The molecular formula is C16H13IN2OS. The highest BCUT2D eigenvalue weighted by molar-refractivity contribution is 14.1. The van der Waals surface area contributed by atoms with Gasteiger partial charge >= 0.3 is 0 Å². The van der Waals surface area contributed by atoms with E-state index in [4.69, 9.17) is 5.73 Å². The van der Waals surface area contributed by atoms with Crippen molar-refractivity contribution in [2.75, 3.05) is 11.1 Å². The highest BCUT2D eigenvalue weighted by Gasteiger charge is 2.17. The zero-order valence-corrected chi connectivity index (χ0v) is 14.3. The number of para-hydroxylation sites is 1. The van der Waals surface area contributed by atoms with Gasteiger partial charge in [0.15, 0.2) is 0 Å². The van der Waals surface area contributed by atoms with Crippen LogP contribution in [0.25, 0.3) is 10.1 Å². The van der Waals surface area contributed by atoms with Gasteiger partial charge in [-0.3, -0.25) is 4.79 Å². The molecule has 3 aromatic rings. The number of hydrogen-bond donors (Lipinski definition) is 2. The minimum atomic E-state index is -0.155. The highest BCUT2D eigenvalue weighted by Crippen LogP contribution is 2.36. The van der Waals surface area contributed by atoms with E-state index in [1.165, 1.54) is 11.3 Å². The molecule has 106 valence electrons. The van der Waals surface area contributed by atoms with Crippen LogP contribution in [0.5, 0.6) is 0 Å². The second-order valence-corrected chi connectivity index (χ2v) is 6.91. The summed E-state index contributed by atoms with van der Waals surface area (Å²) in [7, 11) is 0. The Morgan fingerprint density at radius 1 is 1.19 bits per heavy atom. The van der Waals surface area contributed by atoms with E-state index >= 15 is 0 Å². The van der Waals surface area contributed by atoms with E-state index in [0.717, 1.165) is 24.9 Å². The van der Waals surface area contributed by atoms with Crippen LogP contribution in [0.4, 0.5) is 11.4 Å². The lowest BCUT2D eigenvalue weighted by Crippen LogP contribution is -2.12. The number of benzene rings is 2. The second kappa shape index (κ2) is 5.65. The third-order valence-corrected chi connectivity index (χ3v) is 5.58. The molecule has 3 N–H and O–H groups in total. The molecule has 1 amide bonds. The largest absolute Gasteiger partial charge is 0.397 e. The molecule has 0 spiro atoms. The number of halogens is 1. The number of rotatable bonds is 2. The number of nitrogens with two attached hydrogens (primary N) is 1. The summed E-state index contributed by atoms with van der Waals surface area (Å²) in [5.41, 5.74) is 8.64. The van der Waals surface area contributed by atoms with E-state index < -0.39 is 0 Å². The van der Waals surface area contributed by atoms with Crippen LogP contribution in [0, 0.1) is 10.5 Å². The number of amides is 1. The fourth-order valence-electron chi connectivity index (χ4n) is 2.19. The van der Waals surface area contributed by atoms with Gasteiger partial charge in [-0.15, -0.1) is 11.3 Å². The Labute approximate surface area is 140 Å². The Hall–Kier alpha value is -1.60. The smallest absolute Gasteiger partial charge is 0.267 e. The predicted molar refractivity (Wildman–Crippen MR) is 98.1 cm³/mol. The van der Waals surface area contributed by atoms with Gasteiger partial charge in [-0.05, 0) is 47.2 Å². The minimum absolute atomic E-state index is 0.155. The van der Waals surface area contributed by atoms with Gasteiger partial charge in [-0.1, -0.05) is 30.3 Å². The number of hydrogen-bond acceptors (Lipinski definition) is 3. The SMILES string of the molecule is Cc1cccc2c(N)c(C(=O)Nc3ccccc3I)sc12. The maximum atomic E-state index is 12.5. The molecule has 5 heteroatoms. The molecule has 21 heavy (non-hydrogen) atoms. The molecule has 0 fully saturated rings. The van der Waals surface area contributed by atoms with Gasteiger partial charge < -0.3 is 11.1 Å². The maximum absolute atomic E-state index is 12.5. The Bertz CT molecular complexity index is 841.